The van der Waals surface area contributed by atoms with E-state index in [4.69, 9.17) is 9.47 Å². The predicted octanol–water partition coefficient (Wildman–Crippen LogP) is 2.81. The molecule has 2 amide bonds. The van der Waals surface area contributed by atoms with Crippen molar-refractivity contribution in [3.8, 4) is 11.5 Å². The van der Waals surface area contributed by atoms with Gasteiger partial charge in [-0.15, -0.1) is 0 Å². The molecule has 4 rings (SSSR count). The van der Waals surface area contributed by atoms with Gasteiger partial charge in [0.25, 0.3) is 0 Å². The lowest BCUT2D eigenvalue weighted by atomic mass is 10.1. The lowest BCUT2D eigenvalue weighted by Crippen LogP contribution is -2.35. The quantitative estimate of drug-likeness (QED) is 0.654. The van der Waals surface area contributed by atoms with Crippen LogP contribution in [0.1, 0.15) is 25.2 Å². The molecule has 0 bridgehead atoms. The Morgan fingerprint density at radius 2 is 2.03 bits per heavy atom. The highest BCUT2D eigenvalue weighted by Crippen LogP contribution is 2.36. The number of hydrogen-bond acceptors (Lipinski definition) is 5. The third-order valence-corrected chi connectivity index (χ3v) is 5.35. The number of nitrogens with one attached hydrogen (secondary N) is 2. The van der Waals surface area contributed by atoms with Gasteiger partial charge in [0.05, 0.1) is 42.9 Å². The van der Waals surface area contributed by atoms with E-state index in [0.717, 1.165) is 11.0 Å². The molecule has 0 spiro atoms. The molecule has 0 radical (unpaired) electrons. The number of methoxy groups -OCH3 is 2. The van der Waals surface area contributed by atoms with Crippen LogP contribution in [0.4, 0.5) is 5.69 Å². The first kappa shape index (κ1) is 19.8. The second kappa shape index (κ2) is 8.06. The fourth-order valence-corrected chi connectivity index (χ4v) is 3.70. The van der Waals surface area contributed by atoms with Gasteiger partial charge in [-0.25, -0.2) is 4.98 Å². The van der Waals surface area contributed by atoms with E-state index in [9.17, 15) is 9.59 Å². The van der Waals surface area contributed by atoms with Gasteiger partial charge in [0.15, 0.2) is 0 Å². The van der Waals surface area contributed by atoms with Gasteiger partial charge in [-0.05, 0) is 31.2 Å². The predicted molar refractivity (Wildman–Crippen MR) is 113 cm³/mol. The van der Waals surface area contributed by atoms with Crippen LogP contribution in [0.25, 0.3) is 11.0 Å². The number of H-pyrrole nitrogens is 1. The fraction of sp³-hybridized carbons (Fsp3) is 0.318. The SMILES string of the molecule is COc1ccc(N2C[C@H](C(=O)N[C@H](C)c3nc4ccccc4[nH]3)CC2=O)c(OC)c1. The van der Waals surface area contributed by atoms with Gasteiger partial charge in [0, 0.05) is 19.0 Å². The minimum absolute atomic E-state index is 0.116. The van der Waals surface area contributed by atoms with Gasteiger partial charge in [0.2, 0.25) is 11.8 Å². The molecule has 0 unspecified atom stereocenters. The summed E-state index contributed by atoms with van der Waals surface area (Å²) >= 11 is 0. The third-order valence-electron chi connectivity index (χ3n) is 5.35. The molecule has 2 heterocycles. The molecule has 8 nitrogen and oxygen atoms in total. The Morgan fingerprint density at radius 3 is 2.77 bits per heavy atom. The number of para-hydroxylation sites is 2. The highest BCUT2D eigenvalue weighted by molar-refractivity contribution is 6.01. The van der Waals surface area contributed by atoms with E-state index in [1.165, 1.54) is 7.11 Å². The molecule has 8 heteroatoms. The number of carbonyl (C=O) groups excluding carboxylic acids is 2. The Balaban J connectivity index is 1.46. The molecule has 3 aromatic rings. The fourth-order valence-electron chi connectivity index (χ4n) is 3.70. The van der Waals surface area contributed by atoms with Crippen LogP contribution in [0.3, 0.4) is 0 Å². The Bertz CT molecular complexity index is 1060. The highest BCUT2D eigenvalue weighted by atomic mass is 16.5. The maximum Gasteiger partial charge on any atom is 0.227 e. The molecule has 1 saturated heterocycles. The van der Waals surface area contributed by atoms with E-state index < -0.39 is 5.92 Å². The van der Waals surface area contributed by atoms with Crippen LogP contribution in [-0.4, -0.2) is 42.5 Å². The van der Waals surface area contributed by atoms with E-state index in [-0.39, 0.29) is 24.3 Å². The molecule has 2 N–H and O–H groups in total. The molecule has 1 aliphatic heterocycles. The van der Waals surface area contributed by atoms with Crippen molar-refractivity contribution in [1.29, 1.82) is 0 Å². The first-order valence-corrected chi connectivity index (χ1v) is 9.77. The number of imidazole rings is 1. The number of fused-ring (bicyclic) bond motifs is 1. The van der Waals surface area contributed by atoms with Crippen LogP contribution in [0.5, 0.6) is 11.5 Å². The number of nitrogens with zero attached hydrogens (tertiary/aromatic N) is 2. The summed E-state index contributed by atoms with van der Waals surface area (Å²) < 4.78 is 10.6. The maximum atomic E-state index is 12.8. The van der Waals surface area contributed by atoms with Gasteiger partial charge in [0.1, 0.15) is 17.3 Å². The van der Waals surface area contributed by atoms with Gasteiger partial charge in [-0.2, -0.15) is 0 Å². The summed E-state index contributed by atoms with van der Waals surface area (Å²) in [6.45, 7) is 2.16. The van der Waals surface area contributed by atoms with Crippen molar-refractivity contribution in [2.24, 2.45) is 5.92 Å². The van der Waals surface area contributed by atoms with Crippen molar-refractivity contribution >= 4 is 28.5 Å². The number of ether oxygens (including phenoxy) is 2. The number of aromatic amines is 1. The summed E-state index contributed by atoms with van der Waals surface area (Å²) in [5.74, 6) is 1.11. The summed E-state index contributed by atoms with van der Waals surface area (Å²) in [4.78, 5) is 34.8. The highest BCUT2D eigenvalue weighted by Gasteiger charge is 2.37. The molecule has 2 aromatic carbocycles. The van der Waals surface area contributed by atoms with Gasteiger partial charge in [-0.3, -0.25) is 9.59 Å². The van der Waals surface area contributed by atoms with E-state index in [1.807, 2.05) is 31.2 Å². The normalized spacial score (nSPS) is 17.2. The summed E-state index contributed by atoms with van der Waals surface area (Å²) in [6, 6.07) is 12.7. The number of aromatic nitrogens is 2. The number of hydrogen-bond donors (Lipinski definition) is 2. The zero-order chi connectivity index (χ0) is 21.3. The number of amides is 2. The van der Waals surface area contributed by atoms with Gasteiger partial charge >= 0.3 is 0 Å². The Labute approximate surface area is 174 Å². The van der Waals surface area contributed by atoms with Crippen molar-refractivity contribution < 1.29 is 19.1 Å². The Hall–Kier alpha value is -3.55. The van der Waals surface area contributed by atoms with Crippen molar-refractivity contribution in [3.05, 3.63) is 48.3 Å². The third kappa shape index (κ3) is 3.68. The number of anilines is 1. The number of rotatable bonds is 6. The average molecular weight is 408 g/mol. The molecular formula is C22H24N4O4. The summed E-state index contributed by atoms with van der Waals surface area (Å²) in [6.07, 6.45) is 0.147. The second-order valence-corrected chi connectivity index (χ2v) is 7.31. The zero-order valence-electron chi connectivity index (χ0n) is 17.1. The smallest absolute Gasteiger partial charge is 0.227 e. The molecule has 1 aromatic heterocycles. The van der Waals surface area contributed by atoms with Gasteiger partial charge < -0.3 is 24.7 Å². The van der Waals surface area contributed by atoms with Crippen LogP contribution in [0, 0.1) is 5.92 Å². The summed E-state index contributed by atoms with van der Waals surface area (Å²) in [5.41, 5.74) is 2.40. The summed E-state index contributed by atoms with van der Waals surface area (Å²) in [5, 5.41) is 2.98. The molecule has 0 saturated carbocycles. The monoisotopic (exact) mass is 408 g/mol. The Morgan fingerprint density at radius 1 is 1.23 bits per heavy atom. The molecule has 1 fully saturated rings. The molecular weight excluding hydrogens is 384 g/mol. The van der Waals surface area contributed by atoms with Crippen LogP contribution in [-0.2, 0) is 9.59 Å². The zero-order valence-corrected chi connectivity index (χ0v) is 17.1. The lowest BCUT2D eigenvalue weighted by molar-refractivity contribution is -0.126. The second-order valence-electron chi connectivity index (χ2n) is 7.31. The first-order chi connectivity index (χ1) is 14.5. The van der Waals surface area contributed by atoms with E-state index >= 15 is 0 Å². The van der Waals surface area contributed by atoms with Gasteiger partial charge in [-0.1, -0.05) is 12.1 Å². The van der Waals surface area contributed by atoms with Crippen LogP contribution in [0.2, 0.25) is 0 Å². The largest absolute Gasteiger partial charge is 0.497 e. The van der Waals surface area contributed by atoms with Crippen molar-refractivity contribution in [3.63, 3.8) is 0 Å². The molecule has 2 atom stereocenters. The first-order valence-electron chi connectivity index (χ1n) is 9.77. The van der Waals surface area contributed by atoms with Crippen molar-refractivity contribution in [2.45, 2.75) is 19.4 Å². The van der Waals surface area contributed by atoms with E-state index in [0.29, 0.717) is 29.6 Å². The molecule has 30 heavy (non-hydrogen) atoms. The van der Waals surface area contributed by atoms with Crippen molar-refractivity contribution in [2.75, 3.05) is 25.7 Å². The van der Waals surface area contributed by atoms with E-state index in [2.05, 4.69) is 15.3 Å². The number of benzene rings is 2. The maximum absolute atomic E-state index is 12.8. The van der Waals surface area contributed by atoms with Crippen molar-refractivity contribution in [1.82, 2.24) is 15.3 Å². The van der Waals surface area contributed by atoms with Crippen LogP contribution in [0.15, 0.2) is 42.5 Å². The Kier molecular flexibility index (Phi) is 5.31. The average Bonchev–Trinajstić information content (AvgIpc) is 3.37. The molecule has 1 aliphatic rings. The van der Waals surface area contributed by atoms with Crippen LogP contribution >= 0.6 is 0 Å². The lowest BCUT2D eigenvalue weighted by Gasteiger charge is -2.20. The van der Waals surface area contributed by atoms with Crippen LogP contribution < -0.4 is 19.7 Å². The molecule has 0 aliphatic carbocycles. The number of carbonyl (C=O) groups is 2. The standard InChI is InChI=1S/C22H24N4O4/c1-13(21-24-16-6-4-5-7-17(16)25-21)23-22(28)14-10-20(27)26(12-14)18-9-8-15(29-2)11-19(18)30-3/h4-9,11,13-14H,10,12H2,1-3H3,(H,23,28)(H,24,25)/t13-,14-/m1/s1. The molecule has 156 valence electrons. The summed E-state index contributed by atoms with van der Waals surface area (Å²) in [7, 11) is 3.11. The topological polar surface area (TPSA) is 96.5 Å². The minimum atomic E-state index is -0.448. The van der Waals surface area contributed by atoms with E-state index in [1.54, 1.807) is 30.2 Å². The minimum Gasteiger partial charge on any atom is -0.497 e.